The number of fused-ring (bicyclic) bond motifs is 2. The maximum Gasteiger partial charge on any atom is 0.251 e. The van der Waals surface area contributed by atoms with Crippen LogP contribution in [0.5, 0.6) is 0 Å². The summed E-state index contributed by atoms with van der Waals surface area (Å²) in [4.78, 5) is 22.9. The molecule has 0 radical (unpaired) electrons. The number of rotatable bonds is 3. The van der Waals surface area contributed by atoms with Gasteiger partial charge in [-0.3, -0.25) is 4.79 Å². The van der Waals surface area contributed by atoms with Crippen LogP contribution in [-0.4, -0.2) is 15.9 Å². The number of benzene rings is 1. The van der Waals surface area contributed by atoms with Crippen LogP contribution in [0, 0.1) is 0 Å². The summed E-state index contributed by atoms with van der Waals surface area (Å²) >= 11 is 3.16. The number of carbonyl (C=O) groups excluding carboxylic acids is 1. The molecular weight excluding hydrogens is 340 g/mol. The average Bonchev–Trinajstić information content (AvgIpc) is 3.15. The molecule has 0 aliphatic heterocycles. The molecule has 1 unspecified atom stereocenters. The molecule has 1 aliphatic rings. The molecule has 0 fully saturated rings. The summed E-state index contributed by atoms with van der Waals surface area (Å²) in [6, 6.07) is 5.40. The third kappa shape index (κ3) is 2.89. The number of nitrogens with two attached hydrogens (primary N) is 1. The second kappa shape index (κ2) is 6.14. The molecule has 124 valence electrons. The summed E-state index contributed by atoms with van der Waals surface area (Å²) in [5, 5.41) is 4.56. The van der Waals surface area contributed by atoms with Crippen LogP contribution in [0.2, 0.25) is 0 Å². The van der Waals surface area contributed by atoms with Crippen molar-refractivity contribution in [2.45, 2.75) is 38.6 Å². The van der Waals surface area contributed by atoms with Crippen LogP contribution in [0.1, 0.15) is 51.7 Å². The molecule has 7 heteroatoms. The van der Waals surface area contributed by atoms with Gasteiger partial charge in [0.2, 0.25) is 0 Å². The lowest BCUT2D eigenvalue weighted by Crippen LogP contribution is -2.26. The van der Waals surface area contributed by atoms with E-state index in [2.05, 4.69) is 10.3 Å². The van der Waals surface area contributed by atoms with Crippen molar-refractivity contribution in [3.05, 3.63) is 39.3 Å². The predicted octanol–water partition coefficient (Wildman–Crippen LogP) is 3.70. The first-order valence-corrected chi connectivity index (χ1v) is 9.69. The highest BCUT2D eigenvalue weighted by molar-refractivity contribution is 7.22. The molecule has 0 spiro atoms. The Bertz CT molecular complexity index is 891. The van der Waals surface area contributed by atoms with Crippen LogP contribution >= 0.6 is 22.7 Å². The first kappa shape index (κ1) is 15.5. The first-order valence-electron chi connectivity index (χ1n) is 8.05. The number of hydrogen-bond acceptors (Lipinski definition) is 6. The zero-order chi connectivity index (χ0) is 16.7. The Morgan fingerprint density at radius 1 is 1.25 bits per heavy atom. The Labute approximate surface area is 147 Å². The van der Waals surface area contributed by atoms with Crippen LogP contribution in [0.25, 0.3) is 10.2 Å². The number of amides is 1. The molecule has 0 saturated carbocycles. The van der Waals surface area contributed by atoms with E-state index in [0.29, 0.717) is 10.7 Å². The van der Waals surface area contributed by atoms with Gasteiger partial charge in [-0.15, -0.1) is 11.3 Å². The van der Waals surface area contributed by atoms with Crippen molar-refractivity contribution >= 4 is 43.9 Å². The molecule has 1 amide bonds. The van der Waals surface area contributed by atoms with E-state index in [-0.39, 0.29) is 11.9 Å². The minimum absolute atomic E-state index is 0.0932. The number of hydrogen-bond donors (Lipinski definition) is 2. The fourth-order valence-electron chi connectivity index (χ4n) is 2.99. The molecule has 24 heavy (non-hydrogen) atoms. The van der Waals surface area contributed by atoms with Crippen molar-refractivity contribution in [2.24, 2.45) is 0 Å². The first-order chi connectivity index (χ1) is 11.6. The van der Waals surface area contributed by atoms with Gasteiger partial charge in [-0.2, -0.15) is 0 Å². The van der Waals surface area contributed by atoms with Gasteiger partial charge in [0, 0.05) is 10.4 Å². The van der Waals surface area contributed by atoms with E-state index >= 15 is 0 Å². The number of aromatic nitrogens is 2. The molecule has 1 atom stereocenters. The molecule has 0 saturated heterocycles. The van der Waals surface area contributed by atoms with Crippen molar-refractivity contribution in [2.75, 3.05) is 5.73 Å². The van der Waals surface area contributed by atoms with E-state index in [0.717, 1.165) is 28.1 Å². The maximum atomic E-state index is 12.5. The number of nitrogens with one attached hydrogen (secondary N) is 1. The van der Waals surface area contributed by atoms with Gasteiger partial charge in [0.25, 0.3) is 5.91 Å². The van der Waals surface area contributed by atoms with Crippen LogP contribution in [-0.2, 0) is 12.8 Å². The van der Waals surface area contributed by atoms with Crippen LogP contribution in [0.3, 0.4) is 0 Å². The molecular formula is C17H18N4OS2. The standard InChI is InChI=1S/C17H18N4OS2/c1-9(16-20-11-4-2-3-5-13(11)23-16)19-15(22)10-6-7-14-12(8-10)21-17(18)24-14/h6-9H,2-5H2,1H3,(H2,18,21)(H,19,22). The van der Waals surface area contributed by atoms with Gasteiger partial charge in [0.1, 0.15) is 5.01 Å². The van der Waals surface area contributed by atoms with E-state index in [9.17, 15) is 4.79 Å². The highest BCUT2D eigenvalue weighted by Crippen LogP contribution is 2.30. The highest BCUT2D eigenvalue weighted by atomic mass is 32.1. The van der Waals surface area contributed by atoms with Gasteiger partial charge < -0.3 is 11.1 Å². The molecule has 1 aromatic carbocycles. The monoisotopic (exact) mass is 358 g/mol. The van der Waals surface area contributed by atoms with E-state index in [1.807, 2.05) is 19.1 Å². The number of nitrogens with zero attached hydrogens (tertiary/aromatic N) is 2. The van der Waals surface area contributed by atoms with Gasteiger partial charge in [-0.25, -0.2) is 9.97 Å². The normalized spacial score (nSPS) is 15.2. The second-order valence-corrected chi connectivity index (χ2v) is 8.24. The largest absolute Gasteiger partial charge is 0.375 e. The summed E-state index contributed by atoms with van der Waals surface area (Å²) in [5.74, 6) is -0.107. The zero-order valence-corrected chi connectivity index (χ0v) is 15.0. The summed E-state index contributed by atoms with van der Waals surface area (Å²) in [7, 11) is 0. The minimum Gasteiger partial charge on any atom is -0.375 e. The average molecular weight is 358 g/mol. The summed E-state index contributed by atoms with van der Waals surface area (Å²) in [5.41, 5.74) is 8.31. The van der Waals surface area contributed by atoms with Gasteiger partial charge in [-0.05, 0) is 50.8 Å². The number of anilines is 1. The fraction of sp³-hybridized carbons (Fsp3) is 0.353. The van der Waals surface area contributed by atoms with E-state index < -0.39 is 0 Å². The maximum absolute atomic E-state index is 12.5. The molecule has 4 rings (SSSR count). The van der Waals surface area contributed by atoms with Crippen molar-refractivity contribution in [3.8, 4) is 0 Å². The third-order valence-electron chi connectivity index (χ3n) is 4.25. The van der Waals surface area contributed by atoms with E-state index in [4.69, 9.17) is 10.7 Å². The van der Waals surface area contributed by atoms with Crippen molar-refractivity contribution in [1.29, 1.82) is 0 Å². The Balaban J connectivity index is 1.52. The number of thiazole rings is 2. The predicted molar refractivity (Wildman–Crippen MR) is 98.7 cm³/mol. The lowest BCUT2D eigenvalue weighted by molar-refractivity contribution is 0.0940. The van der Waals surface area contributed by atoms with Gasteiger partial charge in [0.15, 0.2) is 5.13 Å². The third-order valence-corrected chi connectivity index (χ3v) is 6.45. The highest BCUT2D eigenvalue weighted by Gasteiger charge is 2.20. The van der Waals surface area contributed by atoms with Crippen molar-refractivity contribution in [1.82, 2.24) is 15.3 Å². The molecule has 3 aromatic rings. The molecule has 0 bridgehead atoms. The van der Waals surface area contributed by atoms with Gasteiger partial charge in [0.05, 0.1) is 22.0 Å². The molecule has 2 aromatic heterocycles. The molecule has 3 N–H and O–H groups in total. The number of carbonyl (C=O) groups is 1. The van der Waals surface area contributed by atoms with Crippen molar-refractivity contribution < 1.29 is 4.79 Å². The van der Waals surface area contributed by atoms with Crippen LogP contribution < -0.4 is 11.1 Å². The summed E-state index contributed by atoms with van der Waals surface area (Å²) in [6.45, 7) is 1.99. The molecule has 5 nitrogen and oxygen atoms in total. The van der Waals surface area contributed by atoms with Gasteiger partial charge >= 0.3 is 0 Å². The smallest absolute Gasteiger partial charge is 0.251 e. The molecule has 2 heterocycles. The molecule has 1 aliphatic carbocycles. The quantitative estimate of drug-likeness (QED) is 0.748. The summed E-state index contributed by atoms with van der Waals surface area (Å²) in [6.07, 6.45) is 4.64. The van der Waals surface area contributed by atoms with Crippen LogP contribution in [0.4, 0.5) is 5.13 Å². The SMILES string of the molecule is CC(NC(=O)c1ccc2sc(N)nc2c1)c1nc2c(s1)CCCC2. The lowest BCUT2D eigenvalue weighted by atomic mass is 10.0. The Morgan fingerprint density at radius 2 is 2.08 bits per heavy atom. The zero-order valence-electron chi connectivity index (χ0n) is 13.3. The van der Waals surface area contributed by atoms with Gasteiger partial charge in [-0.1, -0.05) is 11.3 Å². The Morgan fingerprint density at radius 3 is 2.92 bits per heavy atom. The number of aryl methyl sites for hydroxylation is 2. The Kier molecular flexibility index (Phi) is 3.97. The van der Waals surface area contributed by atoms with Crippen LogP contribution in [0.15, 0.2) is 18.2 Å². The second-order valence-electron chi connectivity index (χ2n) is 6.06. The lowest BCUT2D eigenvalue weighted by Gasteiger charge is -2.11. The van der Waals surface area contributed by atoms with E-state index in [1.54, 1.807) is 17.4 Å². The topological polar surface area (TPSA) is 80.9 Å². The summed E-state index contributed by atoms with van der Waals surface area (Å²) < 4.78 is 0.990. The van der Waals surface area contributed by atoms with Crippen molar-refractivity contribution in [3.63, 3.8) is 0 Å². The Hall–Kier alpha value is -1.99. The fourth-order valence-corrected chi connectivity index (χ4v) is 4.86. The van der Waals surface area contributed by atoms with E-state index in [1.165, 1.54) is 34.7 Å². The minimum atomic E-state index is -0.107. The number of nitrogen functional groups attached to an aromatic ring is 1.